The van der Waals surface area contributed by atoms with Crippen molar-refractivity contribution < 1.29 is 19.6 Å². The van der Waals surface area contributed by atoms with Crippen LogP contribution in [0, 0.1) is 16.0 Å². The molecule has 7 nitrogen and oxygen atoms in total. The summed E-state index contributed by atoms with van der Waals surface area (Å²) in [4.78, 5) is 26.0. The summed E-state index contributed by atoms with van der Waals surface area (Å²) in [7, 11) is 0. The highest BCUT2D eigenvalue weighted by molar-refractivity contribution is 6.30. The number of fused-ring (bicyclic) bond motifs is 1. The number of carbonyl (C=O) groups excluding carboxylic acids is 1. The molecule has 2 aliphatic rings. The highest BCUT2D eigenvalue weighted by atomic mass is 35.5. The van der Waals surface area contributed by atoms with Crippen molar-refractivity contribution in [3.63, 3.8) is 0 Å². The summed E-state index contributed by atoms with van der Waals surface area (Å²) in [5.41, 5.74) is 1.47. The highest BCUT2D eigenvalue weighted by Crippen LogP contribution is 2.47. The third-order valence-electron chi connectivity index (χ3n) is 6.53. The summed E-state index contributed by atoms with van der Waals surface area (Å²) in [5.74, 6) is -0.200. The summed E-state index contributed by atoms with van der Waals surface area (Å²) in [5, 5.41) is 21.6. The van der Waals surface area contributed by atoms with Crippen molar-refractivity contribution in [1.82, 2.24) is 4.90 Å². The summed E-state index contributed by atoms with van der Waals surface area (Å²) >= 11 is 6.18. The lowest BCUT2D eigenvalue weighted by Crippen LogP contribution is -2.47. The number of nitro groups is 1. The molecule has 1 N–H and O–H groups in total. The van der Waals surface area contributed by atoms with Gasteiger partial charge in [-0.05, 0) is 30.2 Å². The van der Waals surface area contributed by atoms with Gasteiger partial charge in [-0.25, -0.2) is 0 Å². The van der Waals surface area contributed by atoms with Crippen LogP contribution in [-0.2, 0) is 17.0 Å². The molecule has 1 heterocycles. The van der Waals surface area contributed by atoms with E-state index in [0.29, 0.717) is 17.0 Å². The van der Waals surface area contributed by atoms with Crippen LogP contribution in [-0.4, -0.2) is 33.5 Å². The molecule has 8 heteroatoms. The fourth-order valence-electron chi connectivity index (χ4n) is 4.82. The Kier molecular flexibility index (Phi) is 6.15. The molecule has 1 aliphatic carbocycles. The van der Waals surface area contributed by atoms with Gasteiger partial charge >= 0.3 is 0 Å². The van der Waals surface area contributed by atoms with Crippen molar-refractivity contribution in [1.29, 1.82) is 0 Å². The Morgan fingerprint density at radius 1 is 1.06 bits per heavy atom. The molecule has 1 amide bonds. The Labute approximate surface area is 207 Å². The minimum Gasteiger partial charge on any atom is -0.389 e. The van der Waals surface area contributed by atoms with E-state index < -0.39 is 16.8 Å². The van der Waals surface area contributed by atoms with Crippen LogP contribution in [0.2, 0.25) is 5.02 Å². The molecule has 1 aliphatic heterocycles. The Hall–Kier alpha value is -3.52. The maximum atomic E-state index is 13.7. The third kappa shape index (κ3) is 4.23. The molecule has 0 saturated heterocycles. The van der Waals surface area contributed by atoms with Crippen LogP contribution in [0.15, 0.2) is 84.9 Å². The first-order valence-corrected chi connectivity index (χ1v) is 11.7. The standard InChI is InChI=1S/C27H23ClN2O5/c28-21-10-8-20(9-11-21)27(35-17-19-7-14-23(31)15-19)25-4-2-1-3-24(25)26(32)29(27)16-18-5-12-22(13-6-18)30(33)34/h1-14,19,23,31H,15-17H2/t19-,23+,27?/m0/s1. The minimum atomic E-state index is -1.23. The van der Waals surface area contributed by atoms with Crippen molar-refractivity contribution in [2.45, 2.75) is 24.8 Å². The largest absolute Gasteiger partial charge is 0.389 e. The minimum absolute atomic E-state index is 0.00161. The molecular formula is C27H23ClN2O5. The van der Waals surface area contributed by atoms with Crippen LogP contribution in [0.3, 0.4) is 0 Å². The van der Waals surface area contributed by atoms with Crippen molar-refractivity contribution in [3.8, 4) is 0 Å². The van der Waals surface area contributed by atoms with E-state index in [2.05, 4.69) is 0 Å². The molecule has 0 bridgehead atoms. The molecule has 0 spiro atoms. The highest BCUT2D eigenvalue weighted by Gasteiger charge is 2.52. The van der Waals surface area contributed by atoms with Gasteiger partial charge in [0.15, 0.2) is 5.72 Å². The number of hydrogen-bond acceptors (Lipinski definition) is 5. The monoisotopic (exact) mass is 490 g/mol. The number of hydrogen-bond donors (Lipinski definition) is 1. The molecule has 3 aromatic rings. The van der Waals surface area contributed by atoms with Crippen molar-refractivity contribution in [2.24, 2.45) is 5.92 Å². The predicted molar refractivity (Wildman–Crippen MR) is 131 cm³/mol. The van der Waals surface area contributed by atoms with Crippen LogP contribution >= 0.6 is 11.6 Å². The second-order valence-electron chi connectivity index (χ2n) is 8.77. The number of aliphatic hydroxyl groups excluding tert-OH is 1. The lowest BCUT2D eigenvalue weighted by atomic mass is 9.93. The zero-order valence-corrected chi connectivity index (χ0v) is 19.5. The Bertz CT molecular complexity index is 1290. The van der Waals surface area contributed by atoms with Gasteiger partial charge in [-0.3, -0.25) is 19.8 Å². The van der Waals surface area contributed by atoms with Crippen LogP contribution in [0.4, 0.5) is 5.69 Å². The number of rotatable bonds is 7. The number of ether oxygens (including phenoxy) is 1. The maximum Gasteiger partial charge on any atom is 0.269 e. The van der Waals surface area contributed by atoms with E-state index in [-0.39, 0.29) is 30.7 Å². The second kappa shape index (κ2) is 9.26. The fraction of sp³-hybridized carbons (Fsp3) is 0.222. The Morgan fingerprint density at radius 2 is 1.77 bits per heavy atom. The molecule has 35 heavy (non-hydrogen) atoms. The van der Waals surface area contributed by atoms with Crippen LogP contribution < -0.4 is 0 Å². The number of benzene rings is 3. The quantitative estimate of drug-likeness (QED) is 0.284. The van der Waals surface area contributed by atoms with Crippen LogP contribution in [0.5, 0.6) is 0 Å². The zero-order chi connectivity index (χ0) is 24.6. The van der Waals surface area contributed by atoms with E-state index in [1.807, 2.05) is 36.4 Å². The summed E-state index contributed by atoms with van der Waals surface area (Å²) < 4.78 is 6.68. The van der Waals surface area contributed by atoms with Crippen molar-refractivity contribution in [2.75, 3.05) is 6.61 Å². The van der Waals surface area contributed by atoms with Gasteiger partial charge < -0.3 is 9.84 Å². The topological polar surface area (TPSA) is 92.9 Å². The lowest BCUT2D eigenvalue weighted by molar-refractivity contribution is -0.384. The Morgan fingerprint density at radius 3 is 2.43 bits per heavy atom. The van der Waals surface area contributed by atoms with Gasteiger partial charge in [0, 0.05) is 46.3 Å². The summed E-state index contributed by atoms with van der Waals surface area (Å²) in [6.07, 6.45) is 3.73. The first-order valence-electron chi connectivity index (χ1n) is 11.3. The van der Waals surface area contributed by atoms with Gasteiger partial charge in [0.05, 0.1) is 17.6 Å². The number of amides is 1. The van der Waals surface area contributed by atoms with E-state index in [1.54, 1.807) is 41.3 Å². The normalized spacial score (nSPS) is 23.0. The van der Waals surface area contributed by atoms with E-state index >= 15 is 0 Å². The molecule has 5 rings (SSSR count). The lowest BCUT2D eigenvalue weighted by Gasteiger charge is -2.40. The number of carbonyl (C=O) groups is 1. The molecule has 1 unspecified atom stereocenters. The first kappa shape index (κ1) is 23.2. The van der Waals surface area contributed by atoms with E-state index in [4.69, 9.17) is 16.3 Å². The third-order valence-corrected chi connectivity index (χ3v) is 6.78. The average Bonchev–Trinajstić information content (AvgIpc) is 3.38. The number of aliphatic hydroxyl groups is 1. The smallest absolute Gasteiger partial charge is 0.269 e. The fourth-order valence-corrected chi connectivity index (χ4v) is 4.94. The number of non-ortho nitro benzene ring substituents is 1. The SMILES string of the molecule is O=C1c2ccccc2C(OC[C@H]2C=C[C@@H](O)C2)(c2ccc(Cl)cc2)N1Cc1ccc([N+](=O)[O-])cc1. The molecule has 3 atom stereocenters. The molecule has 0 saturated carbocycles. The van der Waals surface area contributed by atoms with Crippen LogP contribution in [0.25, 0.3) is 0 Å². The number of halogens is 1. The average molecular weight is 491 g/mol. The molecule has 0 aromatic heterocycles. The van der Waals surface area contributed by atoms with Gasteiger partial charge in [0.25, 0.3) is 11.6 Å². The molecule has 0 fully saturated rings. The summed E-state index contributed by atoms with van der Waals surface area (Å²) in [6, 6.07) is 20.7. The van der Waals surface area contributed by atoms with E-state index in [9.17, 15) is 20.0 Å². The maximum absolute atomic E-state index is 13.7. The molecule has 178 valence electrons. The Balaban J connectivity index is 1.60. The molecule has 0 radical (unpaired) electrons. The van der Waals surface area contributed by atoms with Crippen molar-refractivity contribution in [3.05, 3.63) is 122 Å². The van der Waals surface area contributed by atoms with Gasteiger partial charge in [-0.1, -0.05) is 66.2 Å². The van der Waals surface area contributed by atoms with Gasteiger partial charge in [0.2, 0.25) is 0 Å². The van der Waals surface area contributed by atoms with Gasteiger partial charge in [-0.2, -0.15) is 0 Å². The molecular weight excluding hydrogens is 468 g/mol. The van der Waals surface area contributed by atoms with E-state index in [1.165, 1.54) is 12.1 Å². The molecule has 3 aromatic carbocycles. The number of nitro benzene ring substituents is 1. The van der Waals surface area contributed by atoms with Crippen molar-refractivity contribution >= 4 is 23.2 Å². The second-order valence-corrected chi connectivity index (χ2v) is 9.21. The number of nitrogens with zero attached hydrogens (tertiary/aromatic N) is 2. The predicted octanol–water partition coefficient (Wildman–Crippen LogP) is 5.06. The van der Waals surface area contributed by atoms with Gasteiger partial charge in [-0.15, -0.1) is 0 Å². The van der Waals surface area contributed by atoms with E-state index in [0.717, 1.165) is 16.7 Å². The first-order chi connectivity index (χ1) is 16.9. The summed E-state index contributed by atoms with van der Waals surface area (Å²) in [6.45, 7) is 0.464. The van der Waals surface area contributed by atoms with Crippen LogP contribution in [0.1, 0.15) is 33.5 Å². The zero-order valence-electron chi connectivity index (χ0n) is 18.7. The van der Waals surface area contributed by atoms with Gasteiger partial charge in [0.1, 0.15) is 0 Å².